The van der Waals surface area contributed by atoms with Gasteiger partial charge in [0.15, 0.2) is 5.96 Å². The van der Waals surface area contributed by atoms with E-state index in [-0.39, 0.29) is 24.0 Å². The molecule has 5 nitrogen and oxygen atoms in total. The van der Waals surface area contributed by atoms with E-state index in [9.17, 15) is 0 Å². The van der Waals surface area contributed by atoms with Crippen LogP contribution in [0.25, 0.3) is 0 Å². The first-order valence-electron chi connectivity index (χ1n) is 7.30. The van der Waals surface area contributed by atoms with Crippen molar-refractivity contribution in [2.75, 3.05) is 34.9 Å². The van der Waals surface area contributed by atoms with Crippen LogP contribution in [0.1, 0.15) is 18.4 Å². The smallest absolute Gasteiger partial charge is 0.193 e. The summed E-state index contributed by atoms with van der Waals surface area (Å²) in [7, 11) is 7.19. The molecule has 124 valence electrons. The van der Waals surface area contributed by atoms with E-state index >= 15 is 0 Å². The minimum atomic E-state index is 0. The van der Waals surface area contributed by atoms with E-state index in [0.29, 0.717) is 0 Å². The zero-order valence-electron chi connectivity index (χ0n) is 13.8. The third-order valence-electron chi connectivity index (χ3n) is 3.72. The van der Waals surface area contributed by atoms with Crippen molar-refractivity contribution in [2.45, 2.75) is 19.4 Å². The third kappa shape index (κ3) is 5.23. The quantitative estimate of drug-likeness (QED) is 0.438. The van der Waals surface area contributed by atoms with Gasteiger partial charge in [0.05, 0.1) is 14.2 Å². The average molecular weight is 419 g/mol. The molecule has 1 fully saturated rings. The van der Waals surface area contributed by atoms with Crippen molar-refractivity contribution in [3.63, 3.8) is 0 Å². The first kappa shape index (κ1) is 18.9. The lowest BCUT2D eigenvalue weighted by Gasteiger charge is -2.23. The van der Waals surface area contributed by atoms with Gasteiger partial charge in [-0.25, -0.2) is 0 Å². The lowest BCUT2D eigenvalue weighted by molar-refractivity contribution is 0.382. The highest BCUT2D eigenvalue weighted by molar-refractivity contribution is 14.0. The first-order chi connectivity index (χ1) is 10.2. The van der Waals surface area contributed by atoms with Crippen LogP contribution in [-0.4, -0.2) is 45.7 Å². The Bertz CT molecular complexity index is 504. The minimum Gasteiger partial charge on any atom is -0.497 e. The van der Waals surface area contributed by atoms with Gasteiger partial charge in [-0.3, -0.25) is 4.99 Å². The topological polar surface area (TPSA) is 46.1 Å². The highest BCUT2D eigenvalue weighted by atomic mass is 127. The summed E-state index contributed by atoms with van der Waals surface area (Å²) in [5.41, 5.74) is 1.11. The molecule has 2 rings (SSSR count). The second kappa shape index (κ2) is 9.07. The zero-order valence-corrected chi connectivity index (χ0v) is 16.1. The molecule has 6 heteroatoms. The summed E-state index contributed by atoms with van der Waals surface area (Å²) in [6.07, 6.45) is 2.67. The fraction of sp³-hybridized carbons (Fsp3) is 0.562. The average Bonchev–Trinajstić information content (AvgIpc) is 3.32. The molecule has 1 aromatic carbocycles. The summed E-state index contributed by atoms with van der Waals surface area (Å²) >= 11 is 0. The summed E-state index contributed by atoms with van der Waals surface area (Å²) < 4.78 is 10.7. The molecule has 0 atom stereocenters. The molecule has 0 aliphatic heterocycles. The van der Waals surface area contributed by atoms with Gasteiger partial charge in [-0.2, -0.15) is 0 Å². The van der Waals surface area contributed by atoms with Crippen molar-refractivity contribution in [3.8, 4) is 11.5 Å². The fourth-order valence-corrected chi connectivity index (χ4v) is 2.26. The minimum absolute atomic E-state index is 0. The molecule has 0 bridgehead atoms. The first-order valence-corrected chi connectivity index (χ1v) is 7.30. The SMILES string of the molecule is CN=C(NCC1CC1)N(C)Cc1ccc(OC)cc1OC.I. The molecular formula is C16H26IN3O2. The van der Waals surface area contributed by atoms with Gasteiger partial charge < -0.3 is 19.7 Å². The molecule has 0 amide bonds. The largest absolute Gasteiger partial charge is 0.497 e. The van der Waals surface area contributed by atoms with Crippen LogP contribution in [-0.2, 0) is 6.54 Å². The molecule has 0 saturated heterocycles. The molecule has 1 aromatic rings. The normalized spacial score (nSPS) is 14.1. The van der Waals surface area contributed by atoms with Crippen molar-refractivity contribution >= 4 is 29.9 Å². The number of nitrogens with zero attached hydrogens (tertiary/aromatic N) is 2. The molecule has 22 heavy (non-hydrogen) atoms. The number of ether oxygens (including phenoxy) is 2. The van der Waals surface area contributed by atoms with Crippen molar-refractivity contribution < 1.29 is 9.47 Å². The van der Waals surface area contributed by atoms with Gasteiger partial charge in [-0.1, -0.05) is 0 Å². The zero-order chi connectivity index (χ0) is 15.2. The van der Waals surface area contributed by atoms with E-state index in [1.807, 2.05) is 32.3 Å². The van der Waals surface area contributed by atoms with Gasteiger partial charge >= 0.3 is 0 Å². The lowest BCUT2D eigenvalue weighted by Crippen LogP contribution is -2.39. The van der Waals surface area contributed by atoms with Crippen molar-refractivity contribution in [1.82, 2.24) is 10.2 Å². The molecule has 0 radical (unpaired) electrons. The van der Waals surface area contributed by atoms with Gasteiger partial charge in [0, 0.05) is 38.8 Å². The standard InChI is InChI=1S/C16H25N3O2.HI/c1-17-16(18-10-12-5-6-12)19(2)11-13-7-8-14(20-3)9-15(13)21-4;/h7-9,12H,5-6,10-11H2,1-4H3,(H,17,18);1H. The van der Waals surface area contributed by atoms with E-state index in [4.69, 9.17) is 9.47 Å². The van der Waals surface area contributed by atoms with E-state index in [0.717, 1.165) is 42.0 Å². The highest BCUT2D eigenvalue weighted by Crippen LogP contribution is 2.28. The van der Waals surface area contributed by atoms with E-state index in [2.05, 4.69) is 15.2 Å². The maximum atomic E-state index is 5.44. The summed E-state index contributed by atoms with van der Waals surface area (Å²) in [4.78, 5) is 6.44. The number of hydrogen-bond donors (Lipinski definition) is 1. The Morgan fingerprint density at radius 2 is 2.05 bits per heavy atom. The number of guanidine groups is 1. The van der Waals surface area contributed by atoms with Crippen LogP contribution < -0.4 is 14.8 Å². The Morgan fingerprint density at radius 1 is 1.32 bits per heavy atom. The Labute approximate surface area is 150 Å². The van der Waals surface area contributed by atoms with E-state index in [1.54, 1.807) is 14.2 Å². The highest BCUT2D eigenvalue weighted by Gasteiger charge is 2.22. The molecule has 1 aliphatic rings. The molecule has 1 saturated carbocycles. The van der Waals surface area contributed by atoms with Gasteiger partial charge in [0.1, 0.15) is 11.5 Å². The number of hydrogen-bond acceptors (Lipinski definition) is 3. The van der Waals surface area contributed by atoms with Crippen LogP contribution >= 0.6 is 24.0 Å². The Morgan fingerprint density at radius 3 is 2.59 bits per heavy atom. The van der Waals surface area contributed by atoms with Gasteiger partial charge in [0.2, 0.25) is 0 Å². The van der Waals surface area contributed by atoms with E-state index in [1.165, 1.54) is 12.8 Å². The molecular weight excluding hydrogens is 393 g/mol. The molecule has 0 aromatic heterocycles. The van der Waals surface area contributed by atoms with Gasteiger partial charge in [0.25, 0.3) is 0 Å². The predicted octanol–water partition coefficient (Wildman–Crippen LogP) is 2.74. The van der Waals surface area contributed by atoms with Crippen LogP contribution in [0.4, 0.5) is 0 Å². The number of rotatable bonds is 6. The predicted molar refractivity (Wildman–Crippen MR) is 101 cm³/mol. The van der Waals surface area contributed by atoms with Crippen LogP contribution in [0.3, 0.4) is 0 Å². The van der Waals surface area contributed by atoms with Gasteiger partial charge in [-0.05, 0) is 30.9 Å². The van der Waals surface area contributed by atoms with Crippen LogP contribution in [0.5, 0.6) is 11.5 Å². The summed E-state index contributed by atoms with van der Waals surface area (Å²) in [6, 6.07) is 5.89. The number of benzene rings is 1. The van der Waals surface area contributed by atoms with Crippen LogP contribution in [0.2, 0.25) is 0 Å². The molecule has 0 heterocycles. The fourth-order valence-electron chi connectivity index (χ4n) is 2.26. The second-order valence-corrected chi connectivity index (χ2v) is 5.41. The number of halogens is 1. The molecule has 0 spiro atoms. The summed E-state index contributed by atoms with van der Waals surface area (Å²) in [5.74, 6) is 3.37. The number of aliphatic imine (C=N–C) groups is 1. The molecule has 0 unspecified atom stereocenters. The molecule has 1 aliphatic carbocycles. The van der Waals surface area contributed by atoms with E-state index < -0.39 is 0 Å². The van der Waals surface area contributed by atoms with Crippen LogP contribution in [0, 0.1) is 5.92 Å². The van der Waals surface area contributed by atoms with Crippen LogP contribution in [0.15, 0.2) is 23.2 Å². The third-order valence-corrected chi connectivity index (χ3v) is 3.72. The monoisotopic (exact) mass is 419 g/mol. The second-order valence-electron chi connectivity index (χ2n) is 5.41. The summed E-state index contributed by atoms with van der Waals surface area (Å²) in [5, 5.41) is 3.42. The number of methoxy groups -OCH3 is 2. The van der Waals surface area contributed by atoms with Crippen molar-refractivity contribution in [3.05, 3.63) is 23.8 Å². The summed E-state index contributed by atoms with van der Waals surface area (Å²) in [6.45, 7) is 1.74. The Hall–Kier alpha value is -1.18. The van der Waals surface area contributed by atoms with Gasteiger partial charge in [-0.15, -0.1) is 24.0 Å². The number of nitrogens with one attached hydrogen (secondary N) is 1. The lowest BCUT2D eigenvalue weighted by atomic mass is 10.2. The maximum absolute atomic E-state index is 5.44. The molecule has 1 N–H and O–H groups in total. The Kier molecular flexibility index (Phi) is 7.78. The van der Waals surface area contributed by atoms with Crippen molar-refractivity contribution in [2.24, 2.45) is 10.9 Å². The maximum Gasteiger partial charge on any atom is 0.193 e. The Balaban J connectivity index is 0.00000242. The van der Waals surface area contributed by atoms with Crippen molar-refractivity contribution in [1.29, 1.82) is 0 Å².